The molecule has 7 heteroatoms. The molecule has 2 aliphatic heterocycles. The lowest BCUT2D eigenvalue weighted by atomic mass is 10.1. The van der Waals surface area contributed by atoms with Crippen molar-refractivity contribution >= 4 is 29.1 Å². The molecule has 0 N–H and O–H groups in total. The third-order valence-corrected chi connectivity index (χ3v) is 5.78. The fraction of sp³-hybridized carbons (Fsp3) is 0.333. The maximum Gasteiger partial charge on any atom is 0.251 e. The molecule has 2 aromatic carbocycles. The molecule has 2 fully saturated rings. The highest BCUT2D eigenvalue weighted by Crippen LogP contribution is 2.27. The smallest absolute Gasteiger partial charge is 0.251 e. The van der Waals surface area contributed by atoms with E-state index in [9.17, 15) is 14.0 Å². The SMILES string of the molecule is O=C1C[C@H](N2CCN(Cc3ccccc3Cl)CC2)C(=O)N1c1ccc(F)cc1. The Morgan fingerprint density at radius 3 is 2.32 bits per heavy atom. The summed E-state index contributed by atoms with van der Waals surface area (Å²) in [7, 11) is 0. The van der Waals surface area contributed by atoms with Crippen molar-refractivity contribution in [1.29, 1.82) is 0 Å². The zero-order valence-corrected chi connectivity index (χ0v) is 16.1. The van der Waals surface area contributed by atoms with E-state index >= 15 is 0 Å². The summed E-state index contributed by atoms with van der Waals surface area (Å²) in [6, 6.07) is 12.8. The molecule has 0 spiro atoms. The van der Waals surface area contributed by atoms with Crippen LogP contribution in [0, 0.1) is 5.82 Å². The Hall–Kier alpha value is -2.28. The quantitative estimate of drug-likeness (QED) is 0.739. The Labute approximate surface area is 168 Å². The summed E-state index contributed by atoms with van der Waals surface area (Å²) < 4.78 is 13.1. The average molecular weight is 402 g/mol. The first kappa shape index (κ1) is 19.1. The number of halogens is 2. The van der Waals surface area contributed by atoms with Crippen LogP contribution in [0.2, 0.25) is 5.02 Å². The molecule has 4 rings (SSSR count). The van der Waals surface area contributed by atoms with Crippen molar-refractivity contribution in [3.05, 3.63) is 64.9 Å². The molecule has 2 aliphatic rings. The molecular weight excluding hydrogens is 381 g/mol. The van der Waals surface area contributed by atoms with E-state index in [1.54, 1.807) is 0 Å². The van der Waals surface area contributed by atoms with Gasteiger partial charge in [0.05, 0.1) is 18.2 Å². The number of anilines is 1. The molecule has 28 heavy (non-hydrogen) atoms. The van der Waals surface area contributed by atoms with Gasteiger partial charge in [0.2, 0.25) is 5.91 Å². The van der Waals surface area contributed by atoms with Gasteiger partial charge in [-0.05, 0) is 35.9 Å². The summed E-state index contributed by atoms with van der Waals surface area (Å²) >= 11 is 6.25. The van der Waals surface area contributed by atoms with E-state index in [4.69, 9.17) is 11.6 Å². The van der Waals surface area contributed by atoms with E-state index in [0.717, 1.165) is 30.2 Å². The summed E-state index contributed by atoms with van der Waals surface area (Å²) in [5, 5.41) is 0.761. The lowest BCUT2D eigenvalue weighted by molar-refractivity contribution is -0.123. The van der Waals surface area contributed by atoms with E-state index in [1.807, 2.05) is 24.3 Å². The number of rotatable bonds is 4. The van der Waals surface area contributed by atoms with Gasteiger partial charge in [0.15, 0.2) is 0 Å². The summed E-state index contributed by atoms with van der Waals surface area (Å²) in [4.78, 5) is 30.8. The highest BCUT2D eigenvalue weighted by molar-refractivity contribution is 6.31. The van der Waals surface area contributed by atoms with Gasteiger partial charge >= 0.3 is 0 Å². The number of amides is 2. The van der Waals surface area contributed by atoms with Crippen molar-refractivity contribution in [1.82, 2.24) is 9.80 Å². The van der Waals surface area contributed by atoms with Crippen molar-refractivity contribution in [2.24, 2.45) is 0 Å². The molecule has 0 bridgehead atoms. The lowest BCUT2D eigenvalue weighted by Gasteiger charge is -2.37. The molecule has 2 aromatic rings. The van der Waals surface area contributed by atoms with Crippen LogP contribution in [-0.2, 0) is 16.1 Å². The van der Waals surface area contributed by atoms with E-state index in [0.29, 0.717) is 18.8 Å². The van der Waals surface area contributed by atoms with Gasteiger partial charge in [-0.2, -0.15) is 0 Å². The molecule has 2 saturated heterocycles. The van der Waals surface area contributed by atoms with Gasteiger partial charge in [-0.3, -0.25) is 19.4 Å². The predicted octanol–water partition coefficient (Wildman–Crippen LogP) is 2.93. The van der Waals surface area contributed by atoms with Crippen LogP contribution in [0.15, 0.2) is 48.5 Å². The molecule has 0 radical (unpaired) electrons. The number of hydrogen-bond acceptors (Lipinski definition) is 4. The summed E-state index contributed by atoms with van der Waals surface area (Å²) in [5.74, 6) is -0.856. The lowest BCUT2D eigenvalue weighted by Crippen LogP contribution is -2.52. The van der Waals surface area contributed by atoms with Crippen LogP contribution < -0.4 is 4.90 Å². The molecule has 2 amide bonds. The number of imide groups is 1. The molecule has 1 atom stereocenters. The topological polar surface area (TPSA) is 43.9 Å². The van der Waals surface area contributed by atoms with E-state index < -0.39 is 11.9 Å². The monoisotopic (exact) mass is 401 g/mol. The van der Waals surface area contributed by atoms with Crippen LogP contribution in [0.3, 0.4) is 0 Å². The minimum absolute atomic E-state index is 0.167. The van der Waals surface area contributed by atoms with Crippen LogP contribution in [0.4, 0.5) is 10.1 Å². The number of benzene rings is 2. The van der Waals surface area contributed by atoms with Gasteiger partial charge in [0.1, 0.15) is 5.82 Å². The minimum Gasteiger partial charge on any atom is -0.296 e. The maximum atomic E-state index is 13.1. The minimum atomic E-state index is -0.444. The molecule has 2 heterocycles. The fourth-order valence-electron chi connectivity index (χ4n) is 3.86. The first-order valence-electron chi connectivity index (χ1n) is 9.35. The maximum absolute atomic E-state index is 13.1. The second-order valence-corrected chi connectivity index (χ2v) is 7.57. The molecule has 0 unspecified atom stereocenters. The van der Waals surface area contributed by atoms with Crippen LogP contribution in [0.1, 0.15) is 12.0 Å². The largest absolute Gasteiger partial charge is 0.296 e. The molecule has 146 valence electrons. The molecule has 0 aromatic heterocycles. The Balaban J connectivity index is 1.38. The van der Waals surface area contributed by atoms with Gasteiger partial charge in [0.25, 0.3) is 5.91 Å². The van der Waals surface area contributed by atoms with Crippen LogP contribution in [-0.4, -0.2) is 53.8 Å². The van der Waals surface area contributed by atoms with Crippen molar-refractivity contribution in [2.75, 3.05) is 31.1 Å². The molecule has 5 nitrogen and oxygen atoms in total. The fourth-order valence-corrected chi connectivity index (χ4v) is 4.06. The van der Waals surface area contributed by atoms with Crippen LogP contribution in [0.25, 0.3) is 0 Å². The zero-order valence-electron chi connectivity index (χ0n) is 15.4. The standard InChI is InChI=1S/C21H21ClFN3O2/c22-18-4-2-1-3-15(18)14-24-9-11-25(12-10-24)19-13-20(27)26(21(19)28)17-7-5-16(23)6-8-17/h1-8,19H,9-14H2/t19-/m0/s1. The third kappa shape index (κ3) is 3.81. The van der Waals surface area contributed by atoms with Crippen molar-refractivity contribution in [3.8, 4) is 0 Å². The Bertz CT molecular complexity index is 881. The normalized spacial score (nSPS) is 21.5. The van der Waals surface area contributed by atoms with Crippen molar-refractivity contribution in [3.63, 3.8) is 0 Å². The van der Waals surface area contributed by atoms with Crippen LogP contribution in [0.5, 0.6) is 0 Å². The summed E-state index contributed by atoms with van der Waals surface area (Å²) in [5.41, 5.74) is 1.52. The Morgan fingerprint density at radius 1 is 0.964 bits per heavy atom. The van der Waals surface area contributed by atoms with Gasteiger partial charge in [-0.15, -0.1) is 0 Å². The number of carbonyl (C=O) groups excluding carboxylic acids is 2. The first-order chi connectivity index (χ1) is 13.5. The second-order valence-electron chi connectivity index (χ2n) is 7.17. The Morgan fingerprint density at radius 2 is 1.64 bits per heavy atom. The summed E-state index contributed by atoms with van der Waals surface area (Å²) in [6.45, 7) is 3.81. The van der Waals surface area contributed by atoms with Gasteiger partial charge in [-0.1, -0.05) is 29.8 Å². The molecule has 0 aliphatic carbocycles. The van der Waals surface area contributed by atoms with E-state index in [2.05, 4.69) is 9.80 Å². The highest BCUT2D eigenvalue weighted by Gasteiger charge is 2.43. The first-order valence-corrected chi connectivity index (χ1v) is 9.73. The van der Waals surface area contributed by atoms with Gasteiger partial charge in [-0.25, -0.2) is 9.29 Å². The zero-order chi connectivity index (χ0) is 19.7. The second kappa shape index (κ2) is 7.99. The van der Waals surface area contributed by atoms with Gasteiger partial charge in [0, 0.05) is 37.7 Å². The number of carbonyl (C=O) groups is 2. The number of hydrogen-bond donors (Lipinski definition) is 0. The van der Waals surface area contributed by atoms with Gasteiger partial charge < -0.3 is 0 Å². The third-order valence-electron chi connectivity index (χ3n) is 5.41. The Kier molecular flexibility index (Phi) is 5.44. The number of piperazine rings is 1. The molecular formula is C21H21ClFN3O2. The van der Waals surface area contributed by atoms with Crippen LogP contribution >= 0.6 is 11.6 Å². The highest BCUT2D eigenvalue weighted by atomic mass is 35.5. The molecule has 0 saturated carbocycles. The number of nitrogens with zero attached hydrogens (tertiary/aromatic N) is 3. The van der Waals surface area contributed by atoms with E-state index in [1.165, 1.54) is 29.2 Å². The van der Waals surface area contributed by atoms with Crippen molar-refractivity contribution < 1.29 is 14.0 Å². The predicted molar refractivity (Wildman–Crippen MR) is 106 cm³/mol. The van der Waals surface area contributed by atoms with E-state index in [-0.39, 0.29) is 18.2 Å². The summed E-state index contributed by atoms with van der Waals surface area (Å²) in [6.07, 6.45) is 0.167. The average Bonchev–Trinajstić information content (AvgIpc) is 2.99. The van der Waals surface area contributed by atoms with Crippen molar-refractivity contribution in [2.45, 2.75) is 19.0 Å².